The second-order valence-corrected chi connectivity index (χ2v) is 15.0. The van der Waals surface area contributed by atoms with Crippen LogP contribution in [0.1, 0.15) is 31.7 Å². The van der Waals surface area contributed by atoms with E-state index in [0.717, 1.165) is 50.5 Å². The van der Waals surface area contributed by atoms with E-state index in [1.165, 1.54) is 32.8 Å². The number of hydrogen-bond donors (Lipinski definition) is 3. The Labute approximate surface area is 346 Å². The van der Waals surface area contributed by atoms with Gasteiger partial charge in [0.25, 0.3) is 5.56 Å². The summed E-state index contributed by atoms with van der Waals surface area (Å²) in [5.41, 5.74) is 1.26. The summed E-state index contributed by atoms with van der Waals surface area (Å²) in [7, 11) is 0. The molecule has 7 rings (SSSR count). The highest BCUT2D eigenvalue weighted by atomic mass is 16.4. The Morgan fingerprint density at radius 3 is 2.47 bits per heavy atom. The van der Waals surface area contributed by atoms with E-state index >= 15 is 0 Å². The number of allylic oxidation sites excluding steroid dienone is 1. The maximum absolute atomic E-state index is 13.4. The van der Waals surface area contributed by atoms with Gasteiger partial charge in [0.1, 0.15) is 23.3 Å². The lowest BCUT2D eigenvalue weighted by Gasteiger charge is -2.36. The van der Waals surface area contributed by atoms with Gasteiger partial charge in [-0.15, -0.1) is 6.58 Å². The Balaban J connectivity index is 0.867. The molecule has 4 aromatic heterocycles. The molecular formula is C43H49N11O6. The lowest BCUT2D eigenvalue weighted by Crippen LogP contribution is -2.52. The number of piperazine rings is 2. The first-order valence-electron chi connectivity index (χ1n) is 19.8. The van der Waals surface area contributed by atoms with Crippen LogP contribution < -0.4 is 26.0 Å². The Morgan fingerprint density at radius 2 is 1.75 bits per heavy atom. The third-order valence-corrected chi connectivity index (χ3v) is 10.4. The summed E-state index contributed by atoms with van der Waals surface area (Å²) < 4.78 is 8.89. The van der Waals surface area contributed by atoms with Crippen molar-refractivity contribution in [3.05, 3.63) is 114 Å². The van der Waals surface area contributed by atoms with Crippen LogP contribution in [0.2, 0.25) is 0 Å². The van der Waals surface area contributed by atoms with Crippen molar-refractivity contribution in [2.24, 2.45) is 0 Å². The van der Waals surface area contributed by atoms with Gasteiger partial charge in [0, 0.05) is 75.5 Å². The summed E-state index contributed by atoms with van der Waals surface area (Å²) in [6, 6.07) is 16.7. The Kier molecular flexibility index (Phi) is 12.4. The topological polar surface area (TPSA) is 187 Å². The predicted octanol–water partition coefficient (Wildman–Crippen LogP) is 3.43. The van der Waals surface area contributed by atoms with E-state index in [4.69, 9.17) is 9.40 Å². The molecule has 2 aliphatic rings. The van der Waals surface area contributed by atoms with Crippen LogP contribution in [0.25, 0.3) is 22.9 Å². The molecule has 6 heterocycles. The minimum absolute atomic E-state index is 0.0407. The van der Waals surface area contributed by atoms with Gasteiger partial charge in [0.05, 0.1) is 12.2 Å². The highest BCUT2D eigenvalue weighted by molar-refractivity contribution is 5.99. The van der Waals surface area contributed by atoms with Gasteiger partial charge in [0.2, 0.25) is 29.6 Å². The van der Waals surface area contributed by atoms with E-state index in [9.17, 15) is 24.3 Å². The van der Waals surface area contributed by atoms with Crippen molar-refractivity contribution in [1.29, 1.82) is 0 Å². The standard InChI is InChI=1S/C43H49N11O6/c1-5-20-53-41(58)33-28-45-42(48-40(33)54(53)35-10-7-9-34(47-35)43(3,4)59)46-30-11-13-31(14-12-30)50-24-22-49(23-25-50)21-8-19-44-36(55)17-15-32-16-18-39(60-32)52-27-26-51(29-38(52)57)37(56)6-2/h5-7,9-18,28,59H,1-2,8,19-27,29H2,3-4H3,(H,44,55)(H,45,46,48). The molecule has 0 unspecified atom stereocenters. The number of amides is 3. The molecule has 3 N–H and O–H groups in total. The molecule has 17 heteroatoms. The fourth-order valence-corrected chi connectivity index (χ4v) is 7.14. The number of aromatic nitrogens is 5. The average molecular weight is 816 g/mol. The number of benzene rings is 1. The molecule has 17 nitrogen and oxygen atoms in total. The molecule has 2 saturated heterocycles. The second-order valence-electron chi connectivity index (χ2n) is 15.0. The number of nitrogens with zero attached hydrogens (tertiary/aromatic N) is 9. The largest absolute Gasteiger partial charge is 0.441 e. The number of pyridine rings is 1. The molecule has 0 radical (unpaired) electrons. The normalized spacial score (nSPS) is 15.2. The van der Waals surface area contributed by atoms with Crippen molar-refractivity contribution < 1.29 is 23.9 Å². The van der Waals surface area contributed by atoms with Gasteiger partial charge < -0.3 is 30.0 Å². The maximum Gasteiger partial charge on any atom is 0.278 e. The summed E-state index contributed by atoms with van der Waals surface area (Å²) in [5.74, 6) is 0.806. The monoisotopic (exact) mass is 815 g/mol. The van der Waals surface area contributed by atoms with Gasteiger partial charge in [0.15, 0.2) is 11.5 Å². The molecule has 0 atom stereocenters. The molecule has 0 spiro atoms. The van der Waals surface area contributed by atoms with Crippen LogP contribution in [0.3, 0.4) is 0 Å². The summed E-state index contributed by atoms with van der Waals surface area (Å²) in [4.78, 5) is 71.7. The zero-order chi connectivity index (χ0) is 42.4. The van der Waals surface area contributed by atoms with Crippen LogP contribution in [0.5, 0.6) is 0 Å². The number of furan rings is 1. The van der Waals surface area contributed by atoms with Crippen LogP contribution in [0.4, 0.5) is 23.2 Å². The Bertz CT molecular complexity index is 2470. The Morgan fingerprint density at radius 1 is 0.967 bits per heavy atom. The zero-order valence-corrected chi connectivity index (χ0v) is 33.8. The van der Waals surface area contributed by atoms with Gasteiger partial charge in [-0.25, -0.2) is 19.3 Å². The molecule has 312 valence electrons. The fraction of sp³-hybridized carbons (Fsp3) is 0.326. The van der Waals surface area contributed by atoms with Crippen molar-refractivity contribution in [3.8, 4) is 5.82 Å². The molecule has 2 aliphatic heterocycles. The Hall–Kier alpha value is -6.85. The highest BCUT2D eigenvalue weighted by Gasteiger charge is 2.29. The van der Waals surface area contributed by atoms with Crippen LogP contribution in [-0.2, 0) is 26.5 Å². The van der Waals surface area contributed by atoms with Gasteiger partial charge >= 0.3 is 0 Å². The molecule has 0 saturated carbocycles. The molecule has 0 bridgehead atoms. The van der Waals surface area contributed by atoms with Gasteiger partial charge in [-0.3, -0.25) is 29.0 Å². The van der Waals surface area contributed by atoms with Crippen LogP contribution in [0, 0.1) is 0 Å². The highest BCUT2D eigenvalue weighted by Crippen LogP contribution is 2.25. The van der Waals surface area contributed by atoms with E-state index < -0.39 is 5.60 Å². The molecule has 2 fully saturated rings. The minimum atomic E-state index is -1.18. The lowest BCUT2D eigenvalue weighted by atomic mass is 10.1. The molecule has 1 aromatic carbocycles. The second kappa shape index (κ2) is 18.0. The third-order valence-electron chi connectivity index (χ3n) is 10.4. The summed E-state index contributed by atoms with van der Waals surface area (Å²) in [6.45, 7) is 16.4. The fourth-order valence-electron chi connectivity index (χ4n) is 7.14. The number of nitrogens with one attached hydrogen (secondary N) is 2. The molecule has 60 heavy (non-hydrogen) atoms. The van der Waals surface area contributed by atoms with E-state index in [0.29, 0.717) is 59.8 Å². The van der Waals surface area contributed by atoms with E-state index in [2.05, 4.69) is 55.7 Å². The van der Waals surface area contributed by atoms with Crippen molar-refractivity contribution in [2.75, 3.05) is 74.0 Å². The van der Waals surface area contributed by atoms with Crippen molar-refractivity contribution in [3.63, 3.8) is 0 Å². The molecular weight excluding hydrogens is 767 g/mol. The number of fused-ring (bicyclic) bond motifs is 1. The predicted molar refractivity (Wildman–Crippen MR) is 229 cm³/mol. The lowest BCUT2D eigenvalue weighted by molar-refractivity contribution is -0.133. The van der Waals surface area contributed by atoms with Gasteiger partial charge in [-0.2, -0.15) is 4.98 Å². The SMILES string of the molecule is C=CCn1c(=O)c2cnc(Nc3ccc(N4CCN(CCCNC(=O)C=Cc5ccc(N6CCN(C(=O)C=C)CC6=O)o5)CC4)cc3)nc2n1-c1cccc(C(C)(C)O)n1. The minimum Gasteiger partial charge on any atom is -0.441 e. The van der Waals surface area contributed by atoms with Crippen LogP contribution in [-0.4, -0.2) is 116 Å². The summed E-state index contributed by atoms with van der Waals surface area (Å²) in [5, 5.41) is 17.1. The van der Waals surface area contributed by atoms with Crippen molar-refractivity contribution in [2.45, 2.75) is 32.4 Å². The summed E-state index contributed by atoms with van der Waals surface area (Å²) in [6.07, 6.45) is 8.11. The first kappa shape index (κ1) is 41.3. The summed E-state index contributed by atoms with van der Waals surface area (Å²) >= 11 is 0. The van der Waals surface area contributed by atoms with Gasteiger partial charge in [-0.05, 0) is 81.4 Å². The number of rotatable bonds is 15. The van der Waals surface area contributed by atoms with E-state index in [1.807, 2.05) is 12.1 Å². The first-order valence-corrected chi connectivity index (χ1v) is 19.8. The quantitative estimate of drug-likeness (QED) is 0.0796. The molecule has 3 amide bonds. The average Bonchev–Trinajstić information content (AvgIpc) is 3.83. The molecule has 0 aliphatic carbocycles. The number of aliphatic hydroxyl groups is 1. The van der Waals surface area contributed by atoms with Crippen LogP contribution in [0.15, 0.2) is 101 Å². The number of hydrogen-bond acceptors (Lipinski definition) is 12. The number of anilines is 4. The zero-order valence-electron chi connectivity index (χ0n) is 33.8. The first-order chi connectivity index (χ1) is 28.9. The third kappa shape index (κ3) is 9.37. The van der Waals surface area contributed by atoms with Crippen molar-refractivity contribution >= 4 is 58.0 Å². The maximum atomic E-state index is 13.4. The van der Waals surface area contributed by atoms with Gasteiger partial charge in [-0.1, -0.05) is 18.7 Å². The van der Waals surface area contributed by atoms with Crippen molar-refractivity contribution in [1.82, 2.24) is 39.4 Å². The van der Waals surface area contributed by atoms with E-state index in [1.54, 1.807) is 61.0 Å². The number of carbonyl (C=O) groups excluding carboxylic acids is 3. The smallest absolute Gasteiger partial charge is 0.278 e. The van der Waals surface area contributed by atoms with E-state index in [-0.39, 0.29) is 36.4 Å². The van der Waals surface area contributed by atoms with Crippen LogP contribution >= 0.6 is 0 Å². The molecule has 5 aromatic rings. The number of carbonyl (C=O) groups is 3.